The molecule has 0 saturated heterocycles. The Hall–Kier alpha value is -2.31. The summed E-state index contributed by atoms with van der Waals surface area (Å²) < 4.78 is 1.49. The molecule has 4 N–H and O–H groups in total. The second-order valence-corrected chi connectivity index (χ2v) is 5.24. The molecule has 3 rings (SSSR count). The number of anilines is 2. The lowest BCUT2D eigenvalue weighted by atomic mass is 10.1. The fourth-order valence-corrected chi connectivity index (χ4v) is 2.35. The first-order valence-electron chi connectivity index (χ1n) is 5.95. The second-order valence-electron chi connectivity index (χ2n) is 4.40. The second kappa shape index (κ2) is 5.23. The number of rotatable bonds is 2. The van der Waals surface area contributed by atoms with Gasteiger partial charge in [-0.2, -0.15) is 4.68 Å². The molecule has 6 nitrogen and oxygen atoms in total. The number of nitrogen functional groups attached to an aromatic ring is 2. The number of benzene rings is 2. The Kier molecular flexibility index (Phi) is 3.40. The first-order chi connectivity index (χ1) is 10.0. The highest BCUT2D eigenvalue weighted by Crippen LogP contribution is 2.29. The monoisotopic (exact) mass is 320 g/mol. The summed E-state index contributed by atoms with van der Waals surface area (Å²) in [6.07, 6.45) is 0. The van der Waals surface area contributed by atoms with Gasteiger partial charge in [0.15, 0.2) is 5.82 Å². The number of nitrogens with zero attached hydrogens (tertiary/aromatic N) is 4. The molecule has 0 aliphatic carbocycles. The van der Waals surface area contributed by atoms with Gasteiger partial charge in [-0.3, -0.25) is 0 Å². The fraction of sp³-hybridized carbons (Fsp3) is 0. The van der Waals surface area contributed by atoms with Crippen LogP contribution in [0.25, 0.3) is 17.1 Å². The number of hydrogen-bond acceptors (Lipinski definition) is 5. The van der Waals surface area contributed by atoms with Crippen molar-refractivity contribution in [1.82, 2.24) is 20.2 Å². The maximum Gasteiger partial charge on any atom is 0.187 e. The van der Waals surface area contributed by atoms with Crippen molar-refractivity contribution < 1.29 is 0 Å². The Bertz CT molecular complexity index is 794. The average Bonchev–Trinajstić information content (AvgIpc) is 2.89. The highest BCUT2D eigenvalue weighted by atomic mass is 35.5. The summed E-state index contributed by atoms with van der Waals surface area (Å²) in [5.41, 5.74) is 13.9. The van der Waals surface area contributed by atoms with Crippen LogP contribution in [0.5, 0.6) is 0 Å². The quantitative estimate of drug-likeness (QED) is 0.708. The molecule has 0 radical (unpaired) electrons. The summed E-state index contributed by atoms with van der Waals surface area (Å²) in [5, 5.41) is 12.7. The van der Waals surface area contributed by atoms with Gasteiger partial charge in [0.2, 0.25) is 0 Å². The van der Waals surface area contributed by atoms with E-state index in [1.165, 1.54) is 4.68 Å². The highest BCUT2D eigenvalue weighted by molar-refractivity contribution is 6.34. The maximum atomic E-state index is 6.19. The van der Waals surface area contributed by atoms with E-state index in [0.29, 0.717) is 38.5 Å². The lowest BCUT2D eigenvalue weighted by molar-refractivity contribution is 0.791. The van der Waals surface area contributed by atoms with Crippen molar-refractivity contribution in [2.24, 2.45) is 0 Å². The van der Waals surface area contributed by atoms with Crippen molar-refractivity contribution in [1.29, 1.82) is 0 Å². The average molecular weight is 321 g/mol. The third kappa shape index (κ3) is 2.63. The Morgan fingerprint density at radius 2 is 1.67 bits per heavy atom. The van der Waals surface area contributed by atoms with Crippen molar-refractivity contribution in [2.45, 2.75) is 0 Å². The summed E-state index contributed by atoms with van der Waals surface area (Å²) in [5.74, 6) is 0.471. The van der Waals surface area contributed by atoms with Crippen molar-refractivity contribution in [3.63, 3.8) is 0 Å². The van der Waals surface area contributed by atoms with Crippen LogP contribution in [0.4, 0.5) is 11.4 Å². The Morgan fingerprint density at radius 3 is 2.38 bits per heavy atom. The normalized spacial score (nSPS) is 10.8. The lowest BCUT2D eigenvalue weighted by Gasteiger charge is -2.08. The molecule has 0 bridgehead atoms. The van der Waals surface area contributed by atoms with Crippen molar-refractivity contribution in [2.75, 3.05) is 11.5 Å². The first kappa shape index (κ1) is 13.7. The van der Waals surface area contributed by atoms with Gasteiger partial charge in [0, 0.05) is 22.0 Å². The molecule has 3 aromatic rings. The molecule has 0 aliphatic rings. The van der Waals surface area contributed by atoms with Crippen LogP contribution in [-0.2, 0) is 0 Å². The molecule has 0 fully saturated rings. The molecule has 1 heterocycles. The summed E-state index contributed by atoms with van der Waals surface area (Å²) in [4.78, 5) is 0. The van der Waals surface area contributed by atoms with Gasteiger partial charge >= 0.3 is 0 Å². The zero-order chi connectivity index (χ0) is 15.0. The molecular formula is C13H10Cl2N6. The smallest absolute Gasteiger partial charge is 0.187 e. The Labute approximate surface area is 130 Å². The highest BCUT2D eigenvalue weighted by Gasteiger charge is 2.14. The molecule has 0 unspecified atom stereocenters. The van der Waals surface area contributed by atoms with E-state index in [-0.39, 0.29) is 0 Å². The van der Waals surface area contributed by atoms with Crippen molar-refractivity contribution in [3.05, 3.63) is 46.4 Å². The van der Waals surface area contributed by atoms with Gasteiger partial charge in [-0.1, -0.05) is 23.2 Å². The van der Waals surface area contributed by atoms with Crippen molar-refractivity contribution in [3.8, 4) is 17.1 Å². The van der Waals surface area contributed by atoms with Crippen molar-refractivity contribution >= 4 is 34.6 Å². The lowest BCUT2D eigenvalue weighted by Crippen LogP contribution is -2.02. The molecule has 8 heteroatoms. The van der Waals surface area contributed by atoms with E-state index in [1.807, 2.05) is 0 Å². The van der Waals surface area contributed by atoms with Gasteiger partial charge in [-0.25, -0.2) is 0 Å². The third-order valence-corrected chi connectivity index (χ3v) is 3.40. The predicted octanol–water partition coefficient (Wildman–Crippen LogP) is 2.80. The standard InChI is InChI=1S/C13H10Cl2N6/c14-8-1-2-11(15)12(5-8)21-13(18-19-20-21)7-3-9(16)6-10(17)4-7/h1-6H,16-17H2. The molecular weight excluding hydrogens is 311 g/mol. The Morgan fingerprint density at radius 1 is 0.952 bits per heavy atom. The summed E-state index contributed by atoms with van der Waals surface area (Å²) in [7, 11) is 0. The maximum absolute atomic E-state index is 6.19. The van der Waals surface area contributed by atoms with Crippen LogP contribution >= 0.6 is 23.2 Å². The minimum Gasteiger partial charge on any atom is -0.399 e. The van der Waals surface area contributed by atoms with E-state index in [0.717, 1.165) is 0 Å². The third-order valence-electron chi connectivity index (χ3n) is 2.84. The van der Waals surface area contributed by atoms with Crippen LogP contribution in [0.15, 0.2) is 36.4 Å². The van der Waals surface area contributed by atoms with E-state index in [2.05, 4.69) is 15.5 Å². The van der Waals surface area contributed by atoms with E-state index in [9.17, 15) is 0 Å². The predicted molar refractivity (Wildman–Crippen MR) is 83.4 cm³/mol. The number of hydrogen-bond donors (Lipinski definition) is 2. The molecule has 0 atom stereocenters. The van der Waals surface area contributed by atoms with Crippen LogP contribution in [0.1, 0.15) is 0 Å². The number of nitrogens with two attached hydrogens (primary N) is 2. The Balaban J connectivity index is 2.19. The van der Waals surface area contributed by atoms with Gasteiger partial charge in [-0.15, -0.1) is 5.10 Å². The van der Waals surface area contributed by atoms with E-state index in [1.54, 1.807) is 36.4 Å². The molecule has 21 heavy (non-hydrogen) atoms. The van der Waals surface area contributed by atoms with E-state index >= 15 is 0 Å². The van der Waals surface area contributed by atoms with Gasteiger partial charge in [0.25, 0.3) is 0 Å². The molecule has 0 amide bonds. The van der Waals surface area contributed by atoms with Crippen LogP contribution in [0.2, 0.25) is 10.0 Å². The molecule has 2 aromatic carbocycles. The summed E-state index contributed by atoms with van der Waals surface area (Å²) >= 11 is 12.2. The van der Waals surface area contributed by atoms with Gasteiger partial charge in [-0.05, 0) is 46.8 Å². The molecule has 106 valence electrons. The van der Waals surface area contributed by atoms with Crippen LogP contribution in [-0.4, -0.2) is 20.2 Å². The zero-order valence-electron chi connectivity index (χ0n) is 10.7. The van der Waals surface area contributed by atoms with E-state index in [4.69, 9.17) is 34.7 Å². The summed E-state index contributed by atoms with van der Waals surface area (Å²) in [6, 6.07) is 10.2. The number of aromatic nitrogens is 4. The van der Waals surface area contributed by atoms with Gasteiger partial charge in [0.05, 0.1) is 10.7 Å². The van der Waals surface area contributed by atoms with E-state index < -0.39 is 0 Å². The molecule has 0 spiro atoms. The van der Waals surface area contributed by atoms with Crippen LogP contribution < -0.4 is 11.5 Å². The SMILES string of the molecule is Nc1cc(N)cc(-c2nnnn2-c2cc(Cl)ccc2Cl)c1. The van der Waals surface area contributed by atoms with Gasteiger partial charge in [0.1, 0.15) is 0 Å². The fourth-order valence-electron chi connectivity index (χ4n) is 1.98. The minimum absolute atomic E-state index is 0.471. The number of tetrazole rings is 1. The summed E-state index contributed by atoms with van der Waals surface area (Å²) in [6.45, 7) is 0. The molecule has 0 aliphatic heterocycles. The molecule has 0 saturated carbocycles. The van der Waals surface area contributed by atoms with Crippen LogP contribution in [0.3, 0.4) is 0 Å². The molecule has 1 aromatic heterocycles. The number of halogens is 2. The minimum atomic E-state index is 0.471. The largest absolute Gasteiger partial charge is 0.399 e. The first-order valence-corrected chi connectivity index (χ1v) is 6.70. The zero-order valence-corrected chi connectivity index (χ0v) is 12.2. The van der Waals surface area contributed by atoms with Gasteiger partial charge < -0.3 is 11.5 Å². The van der Waals surface area contributed by atoms with Crippen LogP contribution in [0, 0.1) is 0 Å². The topological polar surface area (TPSA) is 95.6 Å².